The summed E-state index contributed by atoms with van der Waals surface area (Å²) in [5.74, 6) is 0.699. The maximum atomic E-state index is 4.49. The van der Waals surface area contributed by atoms with Crippen LogP contribution in [0.3, 0.4) is 0 Å². The van der Waals surface area contributed by atoms with Gasteiger partial charge in [-0.2, -0.15) is 0 Å². The Kier molecular flexibility index (Phi) is 5.23. The highest BCUT2D eigenvalue weighted by Gasteiger charge is 2.28. The number of aromatic nitrogens is 2. The lowest BCUT2D eigenvalue weighted by atomic mass is 10.2. The van der Waals surface area contributed by atoms with E-state index >= 15 is 0 Å². The van der Waals surface area contributed by atoms with Gasteiger partial charge >= 0.3 is 0 Å². The average molecular weight is 337 g/mol. The van der Waals surface area contributed by atoms with Crippen LogP contribution in [0.25, 0.3) is 0 Å². The molecule has 1 aromatic carbocycles. The summed E-state index contributed by atoms with van der Waals surface area (Å²) in [7, 11) is 0. The fourth-order valence-electron chi connectivity index (χ4n) is 3.99. The molecular weight excluding hydrogens is 310 g/mol. The van der Waals surface area contributed by atoms with Crippen molar-refractivity contribution >= 4 is 5.95 Å². The van der Waals surface area contributed by atoms with Gasteiger partial charge in [0.15, 0.2) is 0 Å². The minimum atomic E-state index is 0.699. The quantitative estimate of drug-likeness (QED) is 0.909. The molecule has 1 N–H and O–H groups in total. The molecule has 0 unspecified atom stereocenters. The van der Waals surface area contributed by atoms with Gasteiger partial charge in [0.1, 0.15) is 0 Å². The molecule has 25 heavy (non-hydrogen) atoms. The van der Waals surface area contributed by atoms with E-state index in [-0.39, 0.29) is 0 Å². The zero-order chi connectivity index (χ0) is 16.9. The van der Waals surface area contributed by atoms with Gasteiger partial charge in [-0.15, -0.1) is 0 Å². The molecule has 0 amide bonds. The average Bonchev–Trinajstić information content (AvgIpc) is 3.00. The number of nitrogens with one attached hydrogen (secondary N) is 1. The van der Waals surface area contributed by atoms with Gasteiger partial charge in [-0.25, -0.2) is 9.97 Å². The van der Waals surface area contributed by atoms with Crippen molar-refractivity contribution in [2.45, 2.75) is 38.4 Å². The van der Waals surface area contributed by atoms with Crippen molar-refractivity contribution in [3.8, 4) is 0 Å². The van der Waals surface area contributed by atoms with Gasteiger partial charge in [-0.1, -0.05) is 30.3 Å². The lowest BCUT2D eigenvalue weighted by molar-refractivity contribution is 0.215. The van der Waals surface area contributed by atoms with E-state index in [9.17, 15) is 0 Å². The first-order valence-corrected chi connectivity index (χ1v) is 9.42. The van der Waals surface area contributed by atoms with Crippen LogP contribution in [-0.4, -0.2) is 52.0 Å². The molecule has 2 saturated heterocycles. The van der Waals surface area contributed by atoms with E-state index < -0.39 is 0 Å². The lowest BCUT2D eigenvalue weighted by Crippen LogP contribution is -2.36. The molecule has 4 rings (SSSR count). The lowest BCUT2D eigenvalue weighted by Gasteiger charge is -2.25. The van der Waals surface area contributed by atoms with E-state index in [1.165, 1.54) is 56.6 Å². The van der Waals surface area contributed by atoms with Crippen LogP contribution in [-0.2, 0) is 13.1 Å². The Labute approximate surface area is 150 Å². The number of benzene rings is 1. The monoisotopic (exact) mass is 337 g/mol. The summed E-state index contributed by atoms with van der Waals surface area (Å²) in [5, 5.41) is 3.29. The highest BCUT2D eigenvalue weighted by atomic mass is 15.3. The Balaban J connectivity index is 1.31. The second-order valence-electron chi connectivity index (χ2n) is 7.17. The smallest absolute Gasteiger partial charge is 0.222 e. The van der Waals surface area contributed by atoms with Crippen LogP contribution in [0.1, 0.15) is 30.4 Å². The molecule has 1 atom stereocenters. The summed E-state index contributed by atoms with van der Waals surface area (Å²) in [5.41, 5.74) is 2.44. The Bertz CT molecular complexity index is 658. The van der Waals surface area contributed by atoms with Crippen molar-refractivity contribution in [1.29, 1.82) is 0 Å². The second kappa shape index (κ2) is 7.93. The normalized spacial score (nSPS) is 21.7. The molecule has 132 valence electrons. The van der Waals surface area contributed by atoms with Crippen LogP contribution < -0.4 is 5.32 Å². The highest BCUT2D eigenvalue weighted by molar-refractivity contribution is 5.27. The topological polar surface area (TPSA) is 44.3 Å². The highest BCUT2D eigenvalue weighted by Crippen LogP contribution is 2.22. The minimum absolute atomic E-state index is 0.699. The van der Waals surface area contributed by atoms with Crippen LogP contribution >= 0.6 is 0 Å². The molecule has 2 aliphatic rings. The van der Waals surface area contributed by atoms with Gasteiger partial charge in [-0.05, 0) is 44.5 Å². The largest absolute Gasteiger partial charge is 0.350 e. The zero-order valence-electron chi connectivity index (χ0n) is 14.8. The van der Waals surface area contributed by atoms with Crippen molar-refractivity contribution in [2.24, 2.45) is 0 Å². The number of nitrogens with zero attached hydrogens (tertiary/aromatic N) is 4. The van der Waals surface area contributed by atoms with Gasteiger partial charge in [0, 0.05) is 43.6 Å². The van der Waals surface area contributed by atoms with E-state index in [0.29, 0.717) is 5.95 Å². The molecule has 2 fully saturated rings. The molecule has 1 aromatic heterocycles. The number of rotatable bonds is 5. The van der Waals surface area contributed by atoms with Gasteiger partial charge < -0.3 is 5.32 Å². The number of hydrogen-bond donors (Lipinski definition) is 1. The van der Waals surface area contributed by atoms with Crippen molar-refractivity contribution < 1.29 is 0 Å². The molecular formula is C20H27N5. The number of hydrogen-bond acceptors (Lipinski definition) is 5. The molecule has 0 radical (unpaired) electrons. The van der Waals surface area contributed by atoms with Crippen LogP contribution in [0.4, 0.5) is 5.95 Å². The van der Waals surface area contributed by atoms with Crippen LogP contribution in [0.15, 0.2) is 42.7 Å². The summed E-state index contributed by atoms with van der Waals surface area (Å²) in [6, 6.07) is 11.1. The van der Waals surface area contributed by atoms with E-state index in [1.807, 2.05) is 30.6 Å². The summed E-state index contributed by atoms with van der Waals surface area (Å²) >= 11 is 0. The third kappa shape index (κ3) is 4.35. The van der Waals surface area contributed by atoms with Gasteiger partial charge in [0.25, 0.3) is 0 Å². The van der Waals surface area contributed by atoms with E-state index in [2.05, 4.69) is 37.2 Å². The van der Waals surface area contributed by atoms with Crippen molar-refractivity contribution in [3.63, 3.8) is 0 Å². The molecule has 0 spiro atoms. The predicted molar refractivity (Wildman–Crippen MR) is 100 cm³/mol. The first-order valence-electron chi connectivity index (χ1n) is 9.42. The third-order valence-electron chi connectivity index (χ3n) is 5.29. The first kappa shape index (κ1) is 16.5. The number of fused-ring (bicyclic) bond motifs is 1. The van der Waals surface area contributed by atoms with Gasteiger partial charge in [0.2, 0.25) is 5.95 Å². The fourth-order valence-corrected chi connectivity index (χ4v) is 3.99. The standard InChI is InChI=1S/C20H27N5/c1-2-6-17(7-3-1)12-21-20-22-13-18(14-23-20)15-24-9-5-11-25-10-4-8-19(25)16-24/h1-3,6-7,13-14,19H,4-5,8-12,15-16H2,(H,21,22,23)/t19-/m0/s1. The van der Waals surface area contributed by atoms with E-state index in [1.54, 1.807) is 0 Å². The van der Waals surface area contributed by atoms with Crippen molar-refractivity contribution in [1.82, 2.24) is 19.8 Å². The Morgan fingerprint density at radius 1 is 0.960 bits per heavy atom. The molecule has 5 heteroatoms. The fraction of sp³-hybridized carbons (Fsp3) is 0.500. The van der Waals surface area contributed by atoms with E-state index in [4.69, 9.17) is 0 Å². The predicted octanol–water partition coefficient (Wildman–Crippen LogP) is 2.76. The minimum Gasteiger partial charge on any atom is -0.350 e. The molecule has 2 aromatic rings. The Morgan fingerprint density at radius 2 is 1.76 bits per heavy atom. The molecule has 2 aliphatic heterocycles. The van der Waals surface area contributed by atoms with Gasteiger partial charge in [-0.3, -0.25) is 9.80 Å². The summed E-state index contributed by atoms with van der Waals surface area (Å²) in [6.07, 6.45) is 7.93. The van der Waals surface area contributed by atoms with Crippen LogP contribution in [0, 0.1) is 0 Å². The molecule has 0 aliphatic carbocycles. The van der Waals surface area contributed by atoms with Crippen molar-refractivity contribution in [3.05, 3.63) is 53.9 Å². The number of anilines is 1. The van der Waals surface area contributed by atoms with Gasteiger partial charge in [0.05, 0.1) is 0 Å². The maximum absolute atomic E-state index is 4.49. The Hall–Kier alpha value is -1.98. The molecule has 3 heterocycles. The second-order valence-corrected chi connectivity index (χ2v) is 7.17. The molecule has 5 nitrogen and oxygen atoms in total. The molecule has 0 bridgehead atoms. The first-order chi connectivity index (χ1) is 12.4. The van der Waals surface area contributed by atoms with Crippen molar-refractivity contribution in [2.75, 3.05) is 31.5 Å². The van der Waals surface area contributed by atoms with Crippen LogP contribution in [0.5, 0.6) is 0 Å². The summed E-state index contributed by atoms with van der Waals surface area (Å²) in [4.78, 5) is 14.2. The maximum Gasteiger partial charge on any atom is 0.222 e. The summed E-state index contributed by atoms with van der Waals surface area (Å²) < 4.78 is 0. The third-order valence-corrected chi connectivity index (χ3v) is 5.29. The Morgan fingerprint density at radius 3 is 2.60 bits per heavy atom. The molecule has 0 saturated carbocycles. The van der Waals surface area contributed by atoms with Crippen LogP contribution in [0.2, 0.25) is 0 Å². The SMILES string of the molecule is c1ccc(CNc2ncc(CN3CCCN4CCC[C@H]4C3)cn2)cc1. The summed E-state index contributed by atoms with van der Waals surface area (Å²) in [6.45, 7) is 6.64. The van der Waals surface area contributed by atoms with E-state index in [0.717, 1.165) is 19.1 Å². The zero-order valence-corrected chi connectivity index (χ0v) is 14.8.